The van der Waals surface area contributed by atoms with Crippen LogP contribution in [0.1, 0.15) is 11.7 Å². The van der Waals surface area contributed by atoms with Crippen molar-refractivity contribution in [2.75, 3.05) is 53.0 Å². The van der Waals surface area contributed by atoms with E-state index in [-0.39, 0.29) is 6.10 Å². The first-order valence-corrected chi connectivity index (χ1v) is 7.81. The summed E-state index contributed by atoms with van der Waals surface area (Å²) in [7, 11) is 2.10. The van der Waals surface area contributed by atoms with Gasteiger partial charge in [0.25, 0.3) is 0 Å². The van der Waals surface area contributed by atoms with Crippen molar-refractivity contribution in [2.24, 2.45) is 0 Å². The molecule has 1 fully saturated rings. The smallest absolute Gasteiger partial charge is 0.161 e. The number of rotatable bonds is 5. The van der Waals surface area contributed by atoms with Gasteiger partial charge in [0.15, 0.2) is 11.5 Å². The van der Waals surface area contributed by atoms with Crippen molar-refractivity contribution < 1.29 is 19.3 Å². The molecular formula is C16H24N2O4. The van der Waals surface area contributed by atoms with Crippen molar-refractivity contribution in [3.05, 3.63) is 23.8 Å². The predicted octanol–water partition coefficient (Wildman–Crippen LogP) is 0.411. The zero-order chi connectivity index (χ0) is 15.4. The predicted molar refractivity (Wildman–Crippen MR) is 82.5 cm³/mol. The largest absolute Gasteiger partial charge is 0.486 e. The Morgan fingerprint density at radius 3 is 2.91 bits per heavy atom. The first kappa shape index (κ1) is 15.6. The van der Waals surface area contributed by atoms with Crippen molar-refractivity contribution in [2.45, 2.75) is 12.2 Å². The molecule has 0 amide bonds. The van der Waals surface area contributed by atoms with Crippen molar-refractivity contribution >= 4 is 0 Å². The van der Waals surface area contributed by atoms with E-state index in [1.54, 1.807) is 0 Å². The molecule has 0 radical (unpaired) electrons. The summed E-state index contributed by atoms with van der Waals surface area (Å²) in [4.78, 5) is 2.26. The molecule has 0 unspecified atom stereocenters. The molecule has 122 valence electrons. The second-order valence-electron chi connectivity index (χ2n) is 5.83. The van der Waals surface area contributed by atoms with Crippen molar-refractivity contribution in [3.63, 3.8) is 0 Å². The minimum atomic E-state index is -0.572. The minimum Gasteiger partial charge on any atom is -0.486 e. The summed E-state index contributed by atoms with van der Waals surface area (Å²) >= 11 is 0. The van der Waals surface area contributed by atoms with Crippen LogP contribution in [-0.4, -0.2) is 69.2 Å². The van der Waals surface area contributed by atoms with Gasteiger partial charge in [0, 0.05) is 26.2 Å². The van der Waals surface area contributed by atoms with E-state index >= 15 is 0 Å². The van der Waals surface area contributed by atoms with E-state index in [9.17, 15) is 5.11 Å². The lowest BCUT2D eigenvalue weighted by atomic mass is 10.1. The Morgan fingerprint density at radius 2 is 2.09 bits per heavy atom. The van der Waals surface area contributed by atoms with Gasteiger partial charge < -0.3 is 29.5 Å². The normalized spacial score (nSPS) is 23.3. The van der Waals surface area contributed by atoms with Crippen molar-refractivity contribution in [1.29, 1.82) is 0 Å². The molecule has 0 aliphatic carbocycles. The topological polar surface area (TPSA) is 63.2 Å². The van der Waals surface area contributed by atoms with Crippen LogP contribution in [0, 0.1) is 0 Å². The first-order chi connectivity index (χ1) is 10.7. The Balaban J connectivity index is 1.48. The zero-order valence-corrected chi connectivity index (χ0v) is 13.0. The minimum absolute atomic E-state index is 0.186. The fourth-order valence-corrected chi connectivity index (χ4v) is 2.76. The average molecular weight is 308 g/mol. The van der Waals surface area contributed by atoms with Crippen LogP contribution < -0.4 is 14.8 Å². The van der Waals surface area contributed by atoms with Gasteiger partial charge in [-0.1, -0.05) is 6.07 Å². The van der Waals surface area contributed by atoms with Gasteiger partial charge in [0.05, 0.1) is 18.8 Å². The lowest BCUT2D eigenvalue weighted by Crippen LogP contribution is -2.45. The van der Waals surface area contributed by atoms with Crippen LogP contribution in [0.3, 0.4) is 0 Å². The summed E-state index contributed by atoms with van der Waals surface area (Å²) in [5.41, 5.74) is 0.832. The van der Waals surface area contributed by atoms with E-state index in [0.29, 0.717) is 25.5 Å². The number of fused-ring (bicyclic) bond motifs is 1. The van der Waals surface area contributed by atoms with E-state index in [1.807, 2.05) is 18.2 Å². The number of nitrogens with one attached hydrogen (secondary N) is 1. The van der Waals surface area contributed by atoms with E-state index in [2.05, 4.69) is 17.3 Å². The van der Waals surface area contributed by atoms with Gasteiger partial charge in [-0.15, -0.1) is 0 Å². The van der Waals surface area contributed by atoms with Gasteiger partial charge >= 0.3 is 0 Å². The van der Waals surface area contributed by atoms with Crippen molar-refractivity contribution in [1.82, 2.24) is 10.2 Å². The number of hydrogen-bond donors (Lipinski definition) is 2. The van der Waals surface area contributed by atoms with Crippen molar-refractivity contribution in [3.8, 4) is 11.5 Å². The highest BCUT2D eigenvalue weighted by Gasteiger charge is 2.19. The Bertz CT molecular complexity index is 497. The second kappa shape index (κ2) is 7.28. The highest BCUT2D eigenvalue weighted by atomic mass is 16.6. The third-order valence-electron chi connectivity index (χ3n) is 4.00. The molecule has 0 spiro atoms. The van der Waals surface area contributed by atoms with Gasteiger partial charge in [-0.25, -0.2) is 0 Å². The zero-order valence-electron chi connectivity index (χ0n) is 13.0. The molecule has 3 rings (SSSR count). The SMILES string of the molecule is CN1CCO[C@@H](CNC[C@H](O)c2ccc3c(c2)OCCO3)C1. The number of benzene rings is 1. The maximum absolute atomic E-state index is 10.3. The van der Waals surface area contributed by atoms with Gasteiger partial charge in [0.2, 0.25) is 0 Å². The molecule has 6 heteroatoms. The fraction of sp³-hybridized carbons (Fsp3) is 0.625. The van der Waals surface area contributed by atoms with Crippen LogP contribution in [0.25, 0.3) is 0 Å². The first-order valence-electron chi connectivity index (χ1n) is 7.81. The molecule has 1 aromatic rings. The number of aliphatic hydroxyl groups excluding tert-OH is 1. The van der Waals surface area contributed by atoms with Crippen LogP contribution in [0.2, 0.25) is 0 Å². The Hall–Kier alpha value is -1.34. The molecule has 1 saturated heterocycles. The molecule has 0 aromatic heterocycles. The molecule has 2 aliphatic rings. The van der Waals surface area contributed by atoms with Gasteiger partial charge in [-0.05, 0) is 24.7 Å². The third kappa shape index (κ3) is 3.89. The van der Waals surface area contributed by atoms with Crippen LogP contribution in [0.5, 0.6) is 11.5 Å². The number of aliphatic hydroxyl groups is 1. The van der Waals surface area contributed by atoms with Crippen LogP contribution in [0.15, 0.2) is 18.2 Å². The Morgan fingerprint density at radius 1 is 1.27 bits per heavy atom. The fourth-order valence-electron chi connectivity index (χ4n) is 2.76. The van der Waals surface area contributed by atoms with Gasteiger partial charge in [-0.3, -0.25) is 0 Å². The Kier molecular flexibility index (Phi) is 5.15. The van der Waals surface area contributed by atoms with Crippen LogP contribution >= 0.6 is 0 Å². The lowest BCUT2D eigenvalue weighted by molar-refractivity contribution is -0.0191. The number of likely N-dealkylation sites (N-methyl/N-ethyl adjacent to an activating group) is 1. The monoisotopic (exact) mass is 308 g/mol. The molecule has 22 heavy (non-hydrogen) atoms. The van der Waals surface area contributed by atoms with E-state index in [4.69, 9.17) is 14.2 Å². The maximum atomic E-state index is 10.3. The molecule has 2 N–H and O–H groups in total. The summed E-state index contributed by atoms with van der Waals surface area (Å²) in [6.45, 7) is 5.04. The molecule has 0 bridgehead atoms. The number of morpholine rings is 1. The maximum Gasteiger partial charge on any atom is 0.161 e. The lowest BCUT2D eigenvalue weighted by Gasteiger charge is -2.30. The summed E-state index contributed by atoms with van der Waals surface area (Å²) in [6.07, 6.45) is -0.386. The highest BCUT2D eigenvalue weighted by Crippen LogP contribution is 2.32. The number of ether oxygens (including phenoxy) is 3. The quantitative estimate of drug-likeness (QED) is 0.822. The standard InChI is InChI=1S/C16H24N2O4/c1-18-4-5-20-13(11-18)9-17-10-14(19)12-2-3-15-16(8-12)22-7-6-21-15/h2-3,8,13-14,17,19H,4-7,9-11H2,1H3/t13-,14-/m0/s1. The molecule has 2 atom stereocenters. The second-order valence-corrected chi connectivity index (χ2v) is 5.83. The molecule has 2 aliphatic heterocycles. The molecular weight excluding hydrogens is 284 g/mol. The van der Waals surface area contributed by atoms with Crippen LogP contribution in [-0.2, 0) is 4.74 Å². The summed E-state index contributed by atoms with van der Waals surface area (Å²) in [6, 6.07) is 5.59. The molecule has 0 saturated carbocycles. The van der Waals surface area contributed by atoms with E-state index < -0.39 is 6.10 Å². The van der Waals surface area contributed by atoms with Gasteiger partial charge in [-0.2, -0.15) is 0 Å². The van der Waals surface area contributed by atoms with E-state index in [1.165, 1.54) is 0 Å². The van der Waals surface area contributed by atoms with Crippen LogP contribution in [0.4, 0.5) is 0 Å². The molecule has 6 nitrogen and oxygen atoms in total. The Labute approximate surface area is 131 Å². The summed E-state index contributed by atoms with van der Waals surface area (Å²) in [5.74, 6) is 1.45. The number of nitrogens with zero attached hydrogens (tertiary/aromatic N) is 1. The summed E-state index contributed by atoms with van der Waals surface area (Å²) < 4.78 is 16.7. The number of hydrogen-bond acceptors (Lipinski definition) is 6. The van der Waals surface area contributed by atoms with E-state index in [0.717, 1.165) is 37.6 Å². The molecule has 1 aromatic carbocycles. The van der Waals surface area contributed by atoms with Gasteiger partial charge in [0.1, 0.15) is 13.2 Å². The third-order valence-corrected chi connectivity index (χ3v) is 4.00. The highest BCUT2D eigenvalue weighted by molar-refractivity contribution is 5.44. The average Bonchev–Trinajstić information content (AvgIpc) is 2.54. The summed E-state index contributed by atoms with van der Waals surface area (Å²) in [5, 5.41) is 13.6. The molecule has 2 heterocycles.